The lowest BCUT2D eigenvalue weighted by Crippen LogP contribution is -2.16. The second kappa shape index (κ2) is 5.78. The molecule has 1 aromatic heterocycles. The van der Waals surface area contributed by atoms with Crippen molar-refractivity contribution in [1.82, 2.24) is 4.98 Å². The molecule has 1 N–H and O–H groups in total. The van der Waals surface area contributed by atoms with Crippen LogP contribution >= 0.6 is 15.9 Å². The van der Waals surface area contributed by atoms with Gasteiger partial charge in [0.05, 0.1) is 5.69 Å². The summed E-state index contributed by atoms with van der Waals surface area (Å²) in [6, 6.07) is 13.2. The minimum Gasteiger partial charge on any atom is -0.481 e. The minimum absolute atomic E-state index is 0.436. The summed E-state index contributed by atoms with van der Waals surface area (Å²) < 4.78 is 0.730. The molecule has 0 aliphatic carbocycles. The number of halogens is 1. The monoisotopic (exact) mass is 305 g/mol. The number of benzene rings is 1. The maximum atomic E-state index is 11.4. The van der Waals surface area contributed by atoms with Gasteiger partial charge in [0, 0.05) is 10.7 Å². The Morgan fingerprint density at radius 1 is 1.22 bits per heavy atom. The van der Waals surface area contributed by atoms with Crippen LogP contribution in [0.5, 0.6) is 0 Å². The molecule has 4 heteroatoms. The maximum absolute atomic E-state index is 11.4. The average molecular weight is 306 g/mol. The van der Waals surface area contributed by atoms with Gasteiger partial charge in [-0.3, -0.25) is 9.78 Å². The number of hydrogen-bond donors (Lipinski definition) is 1. The highest BCUT2D eigenvalue weighted by Gasteiger charge is 2.23. The molecule has 2 aromatic rings. The molecule has 1 atom stereocenters. The van der Waals surface area contributed by atoms with Gasteiger partial charge in [0.25, 0.3) is 0 Å². The van der Waals surface area contributed by atoms with Crippen molar-refractivity contribution in [2.24, 2.45) is 0 Å². The second-order valence-corrected chi connectivity index (χ2v) is 4.81. The number of pyridine rings is 1. The number of hydrogen-bond acceptors (Lipinski definition) is 2. The first-order chi connectivity index (χ1) is 8.68. The lowest BCUT2D eigenvalue weighted by atomic mass is 9.96. The summed E-state index contributed by atoms with van der Waals surface area (Å²) in [5, 5.41) is 9.35. The van der Waals surface area contributed by atoms with Crippen molar-refractivity contribution in [2.45, 2.75) is 12.3 Å². The van der Waals surface area contributed by atoms with Crippen molar-refractivity contribution >= 4 is 21.9 Å². The molecule has 1 unspecified atom stereocenters. The third kappa shape index (κ3) is 2.96. The van der Waals surface area contributed by atoms with Crippen molar-refractivity contribution in [3.05, 3.63) is 64.4 Å². The van der Waals surface area contributed by atoms with Gasteiger partial charge in [0.15, 0.2) is 0 Å². The van der Waals surface area contributed by atoms with E-state index < -0.39 is 11.9 Å². The van der Waals surface area contributed by atoms with Crippen LogP contribution in [0.2, 0.25) is 0 Å². The predicted molar refractivity (Wildman–Crippen MR) is 72.5 cm³/mol. The molecule has 3 nitrogen and oxygen atoms in total. The third-order valence-electron chi connectivity index (χ3n) is 2.70. The number of carboxylic acid groups (broad SMARTS) is 1. The largest absolute Gasteiger partial charge is 0.481 e. The van der Waals surface area contributed by atoms with Crippen LogP contribution in [-0.2, 0) is 11.2 Å². The second-order valence-electron chi connectivity index (χ2n) is 3.95. The highest BCUT2D eigenvalue weighted by molar-refractivity contribution is 9.10. The number of aromatic nitrogens is 1. The molecule has 1 heterocycles. The first-order valence-corrected chi connectivity index (χ1v) is 6.35. The fourth-order valence-corrected chi connectivity index (χ4v) is 2.34. The first-order valence-electron chi connectivity index (χ1n) is 5.55. The van der Waals surface area contributed by atoms with Crippen LogP contribution in [0.25, 0.3) is 0 Å². The van der Waals surface area contributed by atoms with Gasteiger partial charge in [-0.2, -0.15) is 0 Å². The quantitative estimate of drug-likeness (QED) is 0.943. The Morgan fingerprint density at radius 3 is 2.56 bits per heavy atom. The highest BCUT2D eigenvalue weighted by atomic mass is 79.9. The molecular formula is C14H12BrNO2. The van der Waals surface area contributed by atoms with Crippen molar-refractivity contribution in [3.8, 4) is 0 Å². The number of carboxylic acids is 1. The Kier molecular flexibility index (Phi) is 4.10. The molecule has 92 valence electrons. The molecule has 0 aliphatic rings. The molecule has 0 radical (unpaired) electrons. The smallest absolute Gasteiger partial charge is 0.312 e. The lowest BCUT2D eigenvalue weighted by Gasteiger charge is -2.13. The van der Waals surface area contributed by atoms with E-state index in [1.165, 1.54) is 0 Å². The maximum Gasteiger partial charge on any atom is 0.312 e. The van der Waals surface area contributed by atoms with Crippen molar-refractivity contribution in [2.75, 3.05) is 0 Å². The Balaban J connectivity index is 2.30. The van der Waals surface area contributed by atoms with Crippen molar-refractivity contribution in [1.29, 1.82) is 0 Å². The zero-order valence-electron chi connectivity index (χ0n) is 9.58. The minimum atomic E-state index is -0.863. The van der Waals surface area contributed by atoms with E-state index in [0.717, 1.165) is 10.0 Å². The van der Waals surface area contributed by atoms with Gasteiger partial charge in [0.1, 0.15) is 5.92 Å². The molecule has 0 saturated carbocycles. The Hall–Kier alpha value is -1.68. The molecule has 0 saturated heterocycles. The summed E-state index contributed by atoms with van der Waals surface area (Å²) in [6.45, 7) is 0. The summed E-state index contributed by atoms with van der Waals surface area (Å²) in [5.41, 5.74) is 1.55. The molecule has 0 spiro atoms. The van der Waals surface area contributed by atoms with Crippen LogP contribution in [-0.4, -0.2) is 16.1 Å². The Bertz CT molecular complexity index is 543. The standard InChI is InChI=1S/C14H12BrNO2/c15-12-7-4-8-16-13(12)11(14(17)18)9-10-5-2-1-3-6-10/h1-8,11H,9H2,(H,17,18). The highest BCUT2D eigenvalue weighted by Crippen LogP contribution is 2.26. The zero-order chi connectivity index (χ0) is 13.0. The van der Waals surface area contributed by atoms with E-state index in [4.69, 9.17) is 0 Å². The molecule has 0 aliphatic heterocycles. The molecule has 0 amide bonds. The van der Waals surface area contributed by atoms with E-state index in [0.29, 0.717) is 12.1 Å². The summed E-state index contributed by atoms with van der Waals surface area (Å²) in [4.78, 5) is 15.6. The number of aliphatic carboxylic acids is 1. The molecule has 1 aromatic carbocycles. The summed E-state index contributed by atoms with van der Waals surface area (Å²) in [5.74, 6) is -1.50. The first kappa shape index (κ1) is 12.8. The SMILES string of the molecule is O=C(O)C(Cc1ccccc1)c1ncccc1Br. The van der Waals surface area contributed by atoms with Crippen LogP contribution in [0, 0.1) is 0 Å². The fourth-order valence-electron chi connectivity index (χ4n) is 1.81. The topological polar surface area (TPSA) is 50.2 Å². The molecule has 2 rings (SSSR count). The van der Waals surface area contributed by atoms with Gasteiger partial charge in [-0.15, -0.1) is 0 Å². The van der Waals surface area contributed by atoms with E-state index >= 15 is 0 Å². The molecular weight excluding hydrogens is 294 g/mol. The fraction of sp³-hybridized carbons (Fsp3) is 0.143. The van der Waals surface area contributed by atoms with Gasteiger partial charge in [-0.05, 0) is 40.0 Å². The van der Waals surface area contributed by atoms with Crippen LogP contribution < -0.4 is 0 Å². The van der Waals surface area contributed by atoms with E-state index in [9.17, 15) is 9.90 Å². The van der Waals surface area contributed by atoms with Gasteiger partial charge < -0.3 is 5.11 Å². The van der Waals surface area contributed by atoms with Crippen molar-refractivity contribution in [3.63, 3.8) is 0 Å². The van der Waals surface area contributed by atoms with E-state index in [2.05, 4.69) is 20.9 Å². The van der Waals surface area contributed by atoms with Crippen molar-refractivity contribution < 1.29 is 9.90 Å². The summed E-state index contributed by atoms with van der Waals surface area (Å²) >= 11 is 3.35. The average Bonchev–Trinajstić information content (AvgIpc) is 2.38. The van der Waals surface area contributed by atoms with Crippen LogP contribution in [0.15, 0.2) is 53.1 Å². The molecule has 0 fully saturated rings. The van der Waals surface area contributed by atoms with Crippen LogP contribution in [0.4, 0.5) is 0 Å². The Morgan fingerprint density at radius 2 is 1.94 bits per heavy atom. The van der Waals surface area contributed by atoms with E-state index in [-0.39, 0.29) is 0 Å². The van der Waals surface area contributed by atoms with E-state index in [1.807, 2.05) is 36.4 Å². The normalized spacial score (nSPS) is 12.1. The van der Waals surface area contributed by atoms with Gasteiger partial charge in [-0.1, -0.05) is 30.3 Å². The van der Waals surface area contributed by atoms with Crippen LogP contribution in [0.3, 0.4) is 0 Å². The van der Waals surface area contributed by atoms with Gasteiger partial charge in [0.2, 0.25) is 0 Å². The number of nitrogens with zero attached hydrogens (tertiary/aromatic N) is 1. The molecule has 0 bridgehead atoms. The van der Waals surface area contributed by atoms with Crippen LogP contribution in [0.1, 0.15) is 17.2 Å². The van der Waals surface area contributed by atoms with E-state index in [1.54, 1.807) is 12.3 Å². The summed E-state index contributed by atoms with van der Waals surface area (Å²) in [6.07, 6.45) is 2.05. The van der Waals surface area contributed by atoms with Gasteiger partial charge >= 0.3 is 5.97 Å². The summed E-state index contributed by atoms with van der Waals surface area (Å²) in [7, 11) is 0. The Labute approximate surface area is 114 Å². The predicted octanol–water partition coefficient (Wildman–Crippen LogP) is 3.26. The molecule has 18 heavy (non-hydrogen) atoms. The number of rotatable bonds is 4. The van der Waals surface area contributed by atoms with Gasteiger partial charge in [-0.25, -0.2) is 0 Å². The number of carbonyl (C=O) groups is 1. The zero-order valence-corrected chi connectivity index (χ0v) is 11.2. The lowest BCUT2D eigenvalue weighted by molar-refractivity contribution is -0.138. The third-order valence-corrected chi connectivity index (χ3v) is 3.37.